The fourth-order valence-corrected chi connectivity index (χ4v) is 1.61. The van der Waals surface area contributed by atoms with E-state index in [4.69, 9.17) is 17.3 Å². The SMILES string of the molecule is CC(C)(C)NC(=O)CCNC(=O)c1cnc(N)c(Cl)c1. The average Bonchev–Trinajstić information content (AvgIpc) is 2.30. The van der Waals surface area contributed by atoms with E-state index in [1.807, 2.05) is 20.8 Å². The predicted octanol–water partition coefficient (Wildman–Crippen LogP) is 1.35. The Morgan fingerprint density at radius 1 is 1.40 bits per heavy atom. The lowest BCUT2D eigenvalue weighted by Crippen LogP contribution is -2.42. The van der Waals surface area contributed by atoms with Crippen LogP contribution in [0.25, 0.3) is 0 Å². The Morgan fingerprint density at radius 3 is 2.60 bits per heavy atom. The summed E-state index contributed by atoms with van der Waals surface area (Å²) in [5, 5.41) is 5.66. The fourth-order valence-electron chi connectivity index (χ4n) is 1.45. The summed E-state index contributed by atoms with van der Waals surface area (Å²) in [6.45, 7) is 5.92. The molecule has 0 aliphatic heterocycles. The number of aromatic nitrogens is 1. The third kappa shape index (κ3) is 5.44. The molecule has 2 amide bonds. The van der Waals surface area contributed by atoms with Gasteiger partial charge in [-0.05, 0) is 26.8 Å². The lowest BCUT2D eigenvalue weighted by molar-refractivity contribution is -0.122. The number of amides is 2. The van der Waals surface area contributed by atoms with Crippen LogP contribution in [-0.4, -0.2) is 28.9 Å². The van der Waals surface area contributed by atoms with Gasteiger partial charge in [0.05, 0.1) is 10.6 Å². The number of rotatable bonds is 4. The van der Waals surface area contributed by atoms with Gasteiger partial charge in [-0.1, -0.05) is 11.6 Å². The van der Waals surface area contributed by atoms with E-state index in [1.165, 1.54) is 12.3 Å². The molecule has 1 aromatic heterocycles. The Kier molecular flexibility index (Phi) is 5.33. The van der Waals surface area contributed by atoms with Crippen molar-refractivity contribution in [3.05, 3.63) is 22.8 Å². The van der Waals surface area contributed by atoms with Gasteiger partial charge in [0.15, 0.2) is 0 Å². The first kappa shape index (κ1) is 16.2. The van der Waals surface area contributed by atoms with E-state index in [9.17, 15) is 9.59 Å². The fraction of sp³-hybridized carbons (Fsp3) is 0.462. The molecule has 110 valence electrons. The van der Waals surface area contributed by atoms with E-state index in [0.29, 0.717) is 5.56 Å². The largest absolute Gasteiger partial charge is 0.382 e. The van der Waals surface area contributed by atoms with E-state index >= 15 is 0 Å². The second-order valence-electron chi connectivity index (χ2n) is 5.40. The lowest BCUT2D eigenvalue weighted by atomic mass is 10.1. The minimum atomic E-state index is -0.344. The van der Waals surface area contributed by atoms with Gasteiger partial charge in [-0.15, -0.1) is 0 Å². The van der Waals surface area contributed by atoms with E-state index in [2.05, 4.69) is 15.6 Å². The first-order valence-electron chi connectivity index (χ1n) is 6.19. The smallest absolute Gasteiger partial charge is 0.252 e. The molecule has 7 heteroatoms. The monoisotopic (exact) mass is 298 g/mol. The molecule has 0 aliphatic carbocycles. The summed E-state index contributed by atoms with van der Waals surface area (Å²) in [4.78, 5) is 27.2. The Labute approximate surface area is 123 Å². The van der Waals surface area contributed by atoms with Crippen LogP contribution in [0.15, 0.2) is 12.3 Å². The molecule has 0 aromatic carbocycles. The van der Waals surface area contributed by atoms with Crippen molar-refractivity contribution in [1.29, 1.82) is 0 Å². The second-order valence-corrected chi connectivity index (χ2v) is 5.80. The van der Waals surface area contributed by atoms with Gasteiger partial charge in [0.25, 0.3) is 5.91 Å². The molecule has 0 aliphatic rings. The molecule has 20 heavy (non-hydrogen) atoms. The summed E-state index contributed by atoms with van der Waals surface area (Å²) in [7, 11) is 0. The van der Waals surface area contributed by atoms with Crippen LogP contribution in [-0.2, 0) is 4.79 Å². The van der Waals surface area contributed by atoms with Crippen LogP contribution >= 0.6 is 11.6 Å². The second kappa shape index (κ2) is 6.56. The Hall–Kier alpha value is -1.82. The molecular formula is C13H19ClN4O2. The molecule has 0 saturated carbocycles. The van der Waals surface area contributed by atoms with Crippen molar-refractivity contribution < 1.29 is 9.59 Å². The zero-order valence-electron chi connectivity index (χ0n) is 11.8. The van der Waals surface area contributed by atoms with Crippen LogP contribution in [0.2, 0.25) is 5.02 Å². The summed E-state index contributed by atoms with van der Waals surface area (Å²) < 4.78 is 0. The van der Waals surface area contributed by atoms with E-state index < -0.39 is 0 Å². The first-order chi connectivity index (χ1) is 9.19. The lowest BCUT2D eigenvalue weighted by Gasteiger charge is -2.20. The van der Waals surface area contributed by atoms with Crippen LogP contribution in [0, 0.1) is 0 Å². The molecule has 6 nitrogen and oxygen atoms in total. The number of pyridine rings is 1. The van der Waals surface area contributed by atoms with E-state index in [1.54, 1.807) is 0 Å². The van der Waals surface area contributed by atoms with Gasteiger partial charge in [0.2, 0.25) is 5.91 Å². The maximum absolute atomic E-state index is 11.8. The summed E-state index contributed by atoms with van der Waals surface area (Å²) in [5.41, 5.74) is 5.48. The molecule has 0 fully saturated rings. The highest BCUT2D eigenvalue weighted by molar-refractivity contribution is 6.33. The van der Waals surface area contributed by atoms with Gasteiger partial charge in [-0.25, -0.2) is 4.98 Å². The van der Waals surface area contributed by atoms with Crippen molar-refractivity contribution in [2.75, 3.05) is 12.3 Å². The zero-order chi connectivity index (χ0) is 15.3. The first-order valence-corrected chi connectivity index (χ1v) is 6.57. The topological polar surface area (TPSA) is 97.1 Å². The number of hydrogen-bond acceptors (Lipinski definition) is 4. The van der Waals surface area contributed by atoms with Gasteiger partial charge < -0.3 is 16.4 Å². The Morgan fingerprint density at radius 2 is 2.05 bits per heavy atom. The number of nitrogens with zero attached hydrogens (tertiary/aromatic N) is 1. The van der Waals surface area contributed by atoms with Crippen molar-refractivity contribution >= 4 is 29.2 Å². The van der Waals surface area contributed by atoms with Gasteiger partial charge >= 0.3 is 0 Å². The number of halogens is 1. The van der Waals surface area contributed by atoms with Crippen molar-refractivity contribution in [2.45, 2.75) is 32.7 Å². The number of hydrogen-bond donors (Lipinski definition) is 3. The molecular weight excluding hydrogens is 280 g/mol. The molecule has 0 unspecified atom stereocenters. The zero-order valence-corrected chi connectivity index (χ0v) is 12.5. The number of nitrogens with two attached hydrogens (primary N) is 1. The van der Waals surface area contributed by atoms with Crippen molar-refractivity contribution in [3.8, 4) is 0 Å². The van der Waals surface area contributed by atoms with Crippen LogP contribution in [0.3, 0.4) is 0 Å². The molecule has 1 aromatic rings. The van der Waals surface area contributed by atoms with Crippen LogP contribution in [0.4, 0.5) is 5.82 Å². The highest BCUT2D eigenvalue weighted by atomic mass is 35.5. The molecule has 0 saturated heterocycles. The predicted molar refractivity (Wildman–Crippen MR) is 78.5 cm³/mol. The quantitative estimate of drug-likeness (QED) is 0.781. The summed E-state index contributed by atoms with van der Waals surface area (Å²) in [6.07, 6.45) is 1.55. The molecule has 1 heterocycles. The summed E-state index contributed by atoms with van der Waals surface area (Å²) in [5.74, 6) is -0.290. The Balaban J connectivity index is 2.44. The van der Waals surface area contributed by atoms with Crippen LogP contribution in [0.5, 0.6) is 0 Å². The number of carbonyl (C=O) groups excluding carboxylic acids is 2. The van der Waals surface area contributed by atoms with Gasteiger partial charge in [-0.2, -0.15) is 0 Å². The number of nitrogens with one attached hydrogen (secondary N) is 2. The average molecular weight is 299 g/mol. The Bertz CT molecular complexity index is 512. The maximum atomic E-state index is 11.8. The van der Waals surface area contributed by atoms with E-state index in [-0.39, 0.29) is 41.2 Å². The van der Waals surface area contributed by atoms with Crippen LogP contribution < -0.4 is 16.4 Å². The summed E-state index contributed by atoms with van der Waals surface area (Å²) >= 11 is 5.78. The molecule has 1 rings (SSSR count). The third-order valence-corrected chi connectivity index (χ3v) is 2.59. The summed E-state index contributed by atoms with van der Waals surface area (Å²) in [6, 6.07) is 1.44. The van der Waals surface area contributed by atoms with Crippen molar-refractivity contribution in [2.24, 2.45) is 0 Å². The van der Waals surface area contributed by atoms with Crippen molar-refractivity contribution in [1.82, 2.24) is 15.6 Å². The maximum Gasteiger partial charge on any atom is 0.252 e. The molecule has 0 bridgehead atoms. The molecule has 0 spiro atoms. The van der Waals surface area contributed by atoms with Crippen LogP contribution in [0.1, 0.15) is 37.6 Å². The molecule has 0 atom stereocenters. The van der Waals surface area contributed by atoms with Gasteiger partial charge in [-0.3, -0.25) is 9.59 Å². The highest BCUT2D eigenvalue weighted by Crippen LogP contribution is 2.16. The minimum absolute atomic E-state index is 0.119. The van der Waals surface area contributed by atoms with Gasteiger partial charge in [0.1, 0.15) is 5.82 Å². The standard InChI is InChI=1S/C13H19ClN4O2/c1-13(2,3)18-10(19)4-5-16-12(20)8-6-9(14)11(15)17-7-8/h6-7H,4-5H2,1-3H3,(H2,15,17)(H,16,20)(H,18,19). The third-order valence-electron chi connectivity index (χ3n) is 2.28. The highest BCUT2D eigenvalue weighted by Gasteiger charge is 2.14. The molecule has 0 radical (unpaired) electrons. The number of anilines is 1. The normalized spacial score (nSPS) is 11.0. The van der Waals surface area contributed by atoms with Gasteiger partial charge in [0, 0.05) is 24.7 Å². The molecule has 4 N–H and O–H groups in total. The number of carbonyl (C=O) groups is 2. The van der Waals surface area contributed by atoms with Crippen molar-refractivity contribution in [3.63, 3.8) is 0 Å². The number of nitrogen functional groups attached to an aromatic ring is 1. The van der Waals surface area contributed by atoms with E-state index in [0.717, 1.165) is 0 Å². The minimum Gasteiger partial charge on any atom is -0.382 e.